The maximum atomic E-state index is 13.1. The number of nitrogens with zero attached hydrogens (tertiary/aromatic N) is 2. The topological polar surface area (TPSA) is 56.1 Å². The van der Waals surface area contributed by atoms with Gasteiger partial charge >= 0.3 is 0 Å². The fourth-order valence-electron chi connectivity index (χ4n) is 2.87. The van der Waals surface area contributed by atoms with E-state index in [1.54, 1.807) is 54.2 Å². The van der Waals surface area contributed by atoms with Crippen molar-refractivity contribution in [2.24, 2.45) is 0 Å². The van der Waals surface area contributed by atoms with E-state index >= 15 is 0 Å². The van der Waals surface area contributed by atoms with Crippen LogP contribution < -0.4 is 10.1 Å². The van der Waals surface area contributed by atoms with Crippen LogP contribution in [0.4, 0.5) is 4.39 Å². The molecule has 1 heterocycles. The van der Waals surface area contributed by atoms with Gasteiger partial charge in [-0.3, -0.25) is 4.79 Å². The maximum Gasteiger partial charge on any atom is 0.261 e. The summed E-state index contributed by atoms with van der Waals surface area (Å²) in [6.45, 7) is 5.47. The van der Waals surface area contributed by atoms with Crippen LogP contribution in [0.2, 0.25) is 5.02 Å². The van der Waals surface area contributed by atoms with Crippen LogP contribution >= 0.6 is 11.6 Å². The van der Waals surface area contributed by atoms with E-state index in [0.717, 1.165) is 16.9 Å². The van der Waals surface area contributed by atoms with Gasteiger partial charge in [-0.15, -0.1) is 0 Å². The molecule has 0 spiro atoms. The molecule has 0 saturated heterocycles. The Morgan fingerprint density at radius 2 is 1.79 bits per heavy atom. The van der Waals surface area contributed by atoms with Crippen LogP contribution in [-0.4, -0.2) is 21.8 Å². The molecule has 0 aliphatic heterocycles. The number of halogens is 2. The zero-order valence-corrected chi connectivity index (χ0v) is 16.6. The number of rotatable bonds is 6. The molecular weight excluding hydrogens is 381 g/mol. The first-order chi connectivity index (χ1) is 13.3. The highest BCUT2D eigenvalue weighted by Gasteiger charge is 2.20. The van der Waals surface area contributed by atoms with Crippen molar-refractivity contribution in [3.05, 3.63) is 76.8 Å². The number of hydrogen-bond donors (Lipinski definition) is 1. The Labute approximate surface area is 168 Å². The van der Waals surface area contributed by atoms with E-state index in [0.29, 0.717) is 10.8 Å². The number of aromatic nitrogens is 2. The number of benzene rings is 2. The van der Waals surface area contributed by atoms with Crippen molar-refractivity contribution < 1.29 is 13.9 Å². The third-order valence-electron chi connectivity index (χ3n) is 4.44. The predicted octanol–water partition coefficient (Wildman–Crippen LogP) is 4.62. The molecule has 1 amide bonds. The summed E-state index contributed by atoms with van der Waals surface area (Å²) in [7, 11) is 0. The monoisotopic (exact) mass is 401 g/mol. The van der Waals surface area contributed by atoms with Gasteiger partial charge in [-0.25, -0.2) is 9.07 Å². The fraction of sp³-hybridized carbons (Fsp3) is 0.238. The molecule has 0 bridgehead atoms. The number of ether oxygens (including phenoxy) is 1. The first-order valence-electron chi connectivity index (χ1n) is 8.88. The van der Waals surface area contributed by atoms with Crippen molar-refractivity contribution in [1.82, 2.24) is 15.1 Å². The van der Waals surface area contributed by atoms with Gasteiger partial charge in [-0.1, -0.05) is 11.6 Å². The van der Waals surface area contributed by atoms with E-state index in [4.69, 9.17) is 16.3 Å². The maximum absolute atomic E-state index is 13.1. The van der Waals surface area contributed by atoms with Crippen molar-refractivity contribution in [3.63, 3.8) is 0 Å². The number of carbonyl (C=O) groups is 1. The molecule has 3 aromatic rings. The molecule has 5 nitrogen and oxygen atoms in total. The minimum atomic E-state index is -0.670. The van der Waals surface area contributed by atoms with E-state index in [1.165, 1.54) is 12.1 Å². The highest BCUT2D eigenvalue weighted by atomic mass is 35.5. The highest BCUT2D eigenvalue weighted by Crippen LogP contribution is 2.21. The Hall–Kier alpha value is -2.86. The Morgan fingerprint density at radius 3 is 2.43 bits per heavy atom. The van der Waals surface area contributed by atoms with Gasteiger partial charge in [0.1, 0.15) is 11.6 Å². The summed E-state index contributed by atoms with van der Waals surface area (Å²) in [4.78, 5) is 12.5. The standard InChI is InChI=1S/C21H21ClFN3O2/c1-13(25-21(27)15(3)28-19-10-4-16(22)5-11-19)20-12-24-26(14(20)2)18-8-6-17(23)7-9-18/h4-13,15H,1-3H3,(H,25,27). The molecule has 3 rings (SSSR count). The van der Waals surface area contributed by atoms with Crippen LogP contribution in [0, 0.1) is 12.7 Å². The van der Waals surface area contributed by atoms with Crippen molar-refractivity contribution in [2.75, 3.05) is 0 Å². The first kappa shape index (κ1) is 19.9. The molecule has 0 aliphatic carbocycles. The highest BCUT2D eigenvalue weighted by molar-refractivity contribution is 6.30. The Morgan fingerprint density at radius 1 is 1.14 bits per heavy atom. The van der Waals surface area contributed by atoms with Crippen LogP contribution in [0.25, 0.3) is 5.69 Å². The summed E-state index contributed by atoms with van der Waals surface area (Å²) >= 11 is 5.85. The van der Waals surface area contributed by atoms with E-state index in [1.807, 2.05) is 13.8 Å². The third-order valence-corrected chi connectivity index (χ3v) is 4.69. The molecular formula is C21H21ClFN3O2. The number of hydrogen-bond acceptors (Lipinski definition) is 3. The van der Waals surface area contributed by atoms with Gasteiger partial charge in [-0.05, 0) is 69.3 Å². The SMILES string of the molecule is Cc1c(C(C)NC(=O)C(C)Oc2ccc(Cl)cc2)cnn1-c1ccc(F)cc1. The zero-order chi connectivity index (χ0) is 20.3. The fourth-order valence-corrected chi connectivity index (χ4v) is 3.00. The molecule has 0 saturated carbocycles. The van der Waals surface area contributed by atoms with Gasteiger partial charge in [0.25, 0.3) is 5.91 Å². The van der Waals surface area contributed by atoms with Crippen LogP contribution in [0.1, 0.15) is 31.1 Å². The van der Waals surface area contributed by atoms with Crippen LogP contribution in [0.15, 0.2) is 54.7 Å². The average molecular weight is 402 g/mol. The zero-order valence-electron chi connectivity index (χ0n) is 15.8. The van der Waals surface area contributed by atoms with Gasteiger partial charge in [0.05, 0.1) is 17.9 Å². The molecule has 2 atom stereocenters. The second-order valence-corrected chi connectivity index (χ2v) is 6.95. The van der Waals surface area contributed by atoms with E-state index in [9.17, 15) is 9.18 Å². The number of carbonyl (C=O) groups excluding carboxylic acids is 1. The lowest BCUT2D eigenvalue weighted by molar-refractivity contribution is -0.127. The van der Waals surface area contributed by atoms with Gasteiger partial charge in [0, 0.05) is 16.3 Å². The van der Waals surface area contributed by atoms with Crippen LogP contribution in [0.5, 0.6) is 5.75 Å². The van der Waals surface area contributed by atoms with Gasteiger partial charge in [0.15, 0.2) is 6.10 Å². The quantitative estimate of drug-likeness (QED) is 0.655. The normalized spacial score (nSPS) is 13.0. The molecule has 1 N–H and O–H groups in total. The molecule has 0 aliphatic rings. The summed E-state index contributed by atoms with van der Waals surface area (Å²) in [5.41, 5.74) is 2.49. The van der Waals surface area contributed by atoms with E-state index < -0.39 is 6.10 Å². The number of amides is 1. The van der Waals surface area contributed by atoms with E-state index in [2.05, 4.69) is 10.4 Å². The summed E-state index contributed by atoms with van der Waals surface area (Å²) in [5.74, 6) is 0.0282. The van der Waals surface area contributed by atoms with Crippen LogP contribution in [0.3, 0.4) is 0 Å². The summed E-state index contributed by atoms with van der Waals surface area (Å²) in [5, 5.41) is 7.91. The molecule has 0 fully saturated rings. The minimum Gasteiger partial charge on any atom is -0.481 e. The smallest absolute Gasteiger partial charge is 0.261 e. The molecule has 146 valence electrons. The Kier molecular flexibility index (Phi) is 5.99. The lowest BCUT2D eigenvalue weighted by atomic mass is 10.1. The minimum absolute atomic E-state index is 0.239. The summed E-state index contributed by atoms with van der Waals surface area (Å²) < 4.78 is 20.5. The van der Waals surface area contributed by atoms with Gasteiger partial charge < -0.3 is 10.1 Å². The van der Waals surface area contributed by atoms with Crippen molar-refractivity contribution in [3.8, 4) is 11.4 Å². The molecule has 1 aromatic heterocycles. The summed E-state index contributed by atoms with van der Waals surface area (Å²) in [6, 6.07) is 12.7. The Bertz CT molecular complexity index is 955. The van der Waals surface area contributed by atoms with Crippen molar-refractivity contribution in [2.45, 2.75) is 32.9 Å². The average Bonchev–Trinajstić information content (AvgIpc) is 3.05. The second-order valence-electron chi connectivity index (χ2n) is 6.52. The molecule has 0 radical (unpaired) electrons. The van der Waals surface area contributed by atoms with Gasteiger partial charge in [-0.2, -0.15) is 5.10 Å². The van der Waals surface area contributed by atoms with E-state index in [-0.39, 0.29) is 17.8 Å². The first-order valence-corrected chi connectivity index (χ1v) is 9.26. The molecule has 7 heteroatoms. The van der Waals surface area contributed by atoms with Gasteiger partial charge in [0.2, 0.25) is 0 Å². The van der Waals surface area contributed by atoms with Crippen molar-refractivity contribution in [1.29, 1.82) is 0 Å². The Balaban J connectivity index is 1.67. The predicted molar refractivity (Wildman–Crippen MR) is 106 cm³/mol. The molecule has 28 heavy (non-hydrogen) atoms. The second kappa shape index (κ2) is 8.44. The molecule has 2 unspecified atom stereocenters. The third kappa shape index (κ3) is 4.51. The summed E-state index contributed by atoms with van der Waals surface area (Å²) in [6.07, 6.45) is 1.03. The lowest BCUT2D eigenvalue weighted by Gasteiger charge is -2.19. The van der Waals surface area contributed by atoms with Crippen LogP contribution in [-0.2, 0) is 4.79 Å². The number of nitrogens with one attached hydrogen (secondary N) is 1. The lowest BCUT2D eigenvalue weighted by Crippen LogP contribution is -2.37. The van der Waals surface area contributed by atoms with Crippen molar-refractivity contribution >= 4 is 17.5 Å². The molecule has 2 aromatic carbocycles. The largest absolute Gasteiger partial charge is 0.481 e.